The quantitative estimate of drug-likeness (QED) is 0.420. The molecule has 0 aliphatic rings. The van der Waals surface area contributed by atoms with Crippen LogP contribution in [-0.4, -0.2) is 19.7 Å². The van der Waals surface area contributed by atoms with Crippen LogP contribution in [0.1, 0.15) is 23.2 Å². The Hall–Kier alpha value is -1.77. The fraction of sp³-hybridized carbons (Fsp3) is 0.308. The van der Waals surface area contributed by atoms with Crippen LogP contribution in [0.25, 0.3) is 0 Å². The van der Waals surface area contributed by atoms with Crippen LogP contribution in [0.4, 0.5) is 0 Å². The van der Waals surface area contributed by atoms with Gasteiger partial charge in [0, 0.05) is 0 Å². The number of methoxy groups -OCH3 is 1. The molecule has 0 spiro atoms. The third-order valence-corrected chi connectivity index (χ3v) is 2.10. The van der Waals surface area contributed by atoms with Gasteiger partial charge in [-0.25, -0.2) is 4.79 Å². The van der Waals surface area contributed by atoms with Gasteiger partial charge in [0.2, 0.25) is 0 Å². The number of ether oxygens (including phenoxy) is 2. The maximum absolute atomic E-state index is 11.4. The van der Waals surface area contributed by atoms with E-state index in [9.17, 15) is 4.79 Å². The van der Waals surface area contributed by atoms with E-state index in [4.69, 9.17) is 4.74 Å². The van der Waals surface area contributed by atoms with E-state index in [2.05, 4.69) is 11.3 Å². The summed E-state index contributed by atoms with van der Waals surface area (Å²) in [5.41, 5.74) is 0.462. The molecule has 0 aliphatic heterocycles. The Kier molecular flexibility index (Phi) is 5.12. The van der Waals surface area contributed by atoms with Crippen LogP contribution in [0.2, 0.25) is 0 Å². The SMILES string of the molecule is C=CCCCOc1ccccc1C(=O)OC. The highest BCUT2D eigenvalue weighted by Gasteiger charge is 2.11. The summed E-state index contributed by atoms with van der Waals surface area (Å²) in [4.78, 5) is 11.4. The molecule has 0 atom stereocenters. The Morgan fingerprint density at radius 1 is 1.44 bits per heavy atom. The Morgan fingerprint density at radius 2 is 2.19 bits per heavy atom. The van der Waals surface area contributed by atoms with Gasteiger partial charge in [0.15, 0.2) is 0 Å². The topological polar surface area (TPSA) is 35.5 Å². The van der Waals surface area contributed by atoms with Gasteiger partial charge < -0.3 is 9.47 Å². The molecular formula is C13H16O3. The number of allylic oxidation sites excluding steroid dienone is 1. The third-order valence-electron chi connectivity index (χ3n) is 2.10. The molecule has 1 aromatic carbocycles. The summed E-state index contributed by atoms with van der Waals surface area (Å²) in [5, 5.41) is 0. The van der Waals surface area contributed by atoms with Gasteiger partial charge in [0.05, 0.1) is 13.7 Å². The van der Waals surface area contributed by atoms with E-state index in [0.717, 1.165) is 12.8 Å². The number of para-hydroxylation sites is 1. The van der Waals surface area contributed by atoms with Crippen molar-refractivity contribution >= 4 is 5.97 Å². The van der Waals surface area contributed by atoms with Crippen molar-refractivity contribution in [1.82, 2.24) is 0 Å². The van der Waals surface area contributed by atoms with E-state index in [0.29, 0.717) is 17.9 Å². The molecule has 0 saturated heterocycles. The van der Waals surface area contributed by atoms with E-state index in [1.807, 2.05) is 12.1 Å². The van der Waals surface area contributed by atoms with E-state index in [1.165, 1.54) is 7.11 Å². The molecule has 3 heteroatoms. The molecule has 0 fully saturated rings. The van der Waals surface area contributed by atoms with Crippen molar-refractivity contribution in [2.24, 2.45) is 0 Å². The summed E-state index contributed by atoms with van der Waals surface area (Å²) in [5.74, 6) is 0.192. The van der Waals surface area contributed by atoms with Crippen LogP contribution >= 0.6 is 0 Å². The zero-order valence-corrected chi connectivity index (χ0v) is 9.44. The zero-order chi connectivity index (χ0) is 11.8. The van der Waals surface area contributed by atoms with Crippen LogP contribution in [0.15, 0.2) is 36.9 Å². The van der Waals surface area contributed by atoms with E-state index < -0.39 is 0 Å². The predicted molar refractivity (Wildman–Crippen MR) is 62.7 cm³/mol. The standard InChI is InChI=1S/C13H16O3/c1-3-4-7-10-16-12-9-6-5-8-11(12)13(14)15-2/h3,5-6,8-9H,1,4,7,10H2,2H3. The van der Waals surface area contributed by atoms with E-state index >= 15 is 0 Å². The van der Waals surface area contributed by atoms with Crippen LogP contribution in [0, 0.1) is 0 Å². The highest BCUT2D eigenvalue weighted by molar-refractivity contribution is 5.92. The van der Waals surface area contributed by atoms with Gasteiger partial charge in [0.25, 0.3) is 0 Å². The van der Waals surface area contributed by atoms with Gasteiger partial charge in [0.1, 0.15) is 11.3 Å². The van der Waals surface area contributed by atoms with Crippen molar-refractivity contribution in [2.75, 3.05) is 13.7 Å². The van der Waals surface area contributed by atoms with E-state index in [-0.39, 0.29) is 5.97 Å². The van der Waals surface area contributed by atoms with Crippen molar-refractivity contribution in [3.05, 3.63) is 42.5 Å². The highest BCUT2D eigenvalue weighted by Crippen LogP contribution is 2.18. The van der Waals surface area contributed by atoms with Gasteiger partial charge in [-0.15, -0.1) is 6.58 Å². The van der Waals surface area contributed by atoms with Gasteiger partial charge in [-0.2, -0.15) is 0 Å². The Morgan fingerprint density at radius 3 is 2.88 bits per heavy atom. The first-order valence-electron chi connectivity index (χ1n) is 5.20. The first-order chi connectivity index (χ1) is 7.79. The molecular weight excluding hydrogens is 204 g/mol. The molecule has 0 heterocycles. The summed E-state index contributed by atoms with van der Waals surface area (Å²) < 4.78 is 10.2. The molecule has 0 N–H and O–H groups in total. The lowest BCUT2D eigenvalue weighted by molar-refractivity contribution is 0.0596. The molecule has 0 aromatic heterocycles. The van der Waals surface area contributed by atoms with Gasteiger partial charge in [-0.1, -0.05) is 18.2 Å². The number of esters is 1. The van der Waals surface area contributed by atoms with Crippen LogP contribution < -0.4 is 4.74 Å². The number of carbonyl (C=O) groups is 1. The average molecular weight is 220 g/mol. The lowest BCUT2D eigenvalue weighted by atomic mass is 10.2. The summed E-state index contributed by atoms with van der Waals surface area (Å²) in [6.45, 7) is 4.20. The van der Waals surface area contributed by atoms with Crippen LogP contribution in [0.5, 0.6) is 5.75 Å². The number of hydrogen-bond acceptors (Lipinski definition) is 3. The number of hydrogen-bond donors (Lipinski definition) is 0. The van der Waals surface area contributed by atoms with Gasteiger partial charge in [-0.05, 0) is 25.0 Å². The normalized spacial score (nSPS) is 9.56. The largest absolute Gasteiger partial charge is 0.493 e. The average Bonchev–Trinajstić information content (AvgIpc) is 2.34. The van der Waals surface area contributed by atoms with Gasteiger partial charge >= 0.3 is 5.97 Å². The maximum atomic E-state index is 11.4. The zero-order valence-electron chi connectivity index (χ0n) is 9.44. The molecule has 0 unspecified atom stereocenters. The second-order valence-corrected chi connectivity index (χ2v) is 3.27. The number of benzene rings is 1. The first-order valence-corrected chi connectivity index (χ1v) is 5.20. The van der Waals surface area contributed by atoms with Gasteiger partial charge in [-0.3, -0.25) is 0 Å². The first kappa shape index (κ1) is 12.3. The molecule has 16 heavy (non-hydrogen) atoms. The number of unbranched alkanes of at least 4 members (excludes halogenated alkanes) is 1. The monoisotopic (exact) mass is 220 g/mol. The summed E-state index contributed by atoms with van der Waals surface area (Å²) in [7, 11) is 1.36. The molecule has 3 nitrogen and oxygen atoms in total. The Balaban J connectivity index is 2.64. The summed E-state index contributed by atoms with van der Waals surface area (Å²) in [6.07, 6.45) is 3.63. The molecule has 0 aliphatic carbocycles. The minimum Gasteiger partial charge on any atom is -0.493 e. The smallest absolute Gasteiger partial charge is 0.341 e. The molecule has 0 radical (unpaired) electrons. The van der Waals surface area contributed by atoms with Crippen molar-refractivity contribution in [2.45, 2.75) is 12.8 Å². The molecule has 0 saturated carbocycles. The Labute approximate surface area is 95.7 Å². The van der Waals surface area contributed by atoms with Crippen molar-refractivity contribution in [3.8, 4) is 5.75 Å². The molecule has 86 valence electrons. The predicted octanol–water partition coefficient (Wildman–Crippen LogP) is 2.82. The molecule has 1 rings (SSSR count). The minimum absolute atomic E-state index is 0.376. The lowest BCUT2D eigenvalue weighted by Crippen LogP contribution is -2.06. The second-order valence-electron chi connectivity index (χ2n) is 3.27. The number of carbonyl (C=O) groups excluding carboxylic acids is 1. The second kappa shape index (κ2) is 6.67. The third kappa shape index (κ3) is 3.42. The molecule has 0 amide bonds. The van der Waals surface area contributed by atoms with Crippen LogP contribution in [-0.2, 0) is 4.74 Å². The van der Waals surface area contributed by atoms with Crippen molar-refractivity contribution in [3.63, 3.8) is 0 Å². The fourth-order valence-electron chi connectivity index (χ4n) is 1.28. The lowest BCUT2D eigenvalue weighted by Gasteiger charge is -2.09. The Bertz CT molecular complexity index is 358. The van der Waals surface area contributed by atoms with Crippen LogP contribution in [0.3, 0.4) is 0 Å². The van der Waals surface area contributed by atoms with Crippen molar-refractivity contribution in [1.29, 1.82) is 0 Å². The molecule has 0 bridgehead atoms. The highest BCUT2D eigenvalue weighted by atomic mass is 16.5. The maximum Gasteiger partial charge on any atom is 0.341 e. The number of rotatable bonds is 6. The fourth-order valence-corrected chi connectivity index (χ4v) is 1.28. The molecule has 1 aromatic rings. The summed E-state index contributed by atoms with van der Waals surface area (Å²) in [6, 6.07) is 7.06. The minimum atomic E-state index is -0.376. The van der Waals surface area contributed by atoms with E-state index in [1.54, 1.807) is 18.2 Å². The van der Waals surface area contributed by atoms with Crippen molar-refractivity contribution < 1.29 is 14.3 Å². The summed E-state index contributed by atoms with van der Waals surface area (Å²) >= 11 is 0.